The first-order chi connectivity index (χ1) is 3.85. The van der Waals surface area contributed by atoms with Crippen molar-refractivity contribution in [3.8, 4) is 0 Å². The maximum Gasteiger partial charge on any atom is 0.00716 e. The van der Waals surface area contributed by atoms with E-state index in [1.807, 2.05) is 13.0 Å². The highest BCUT2D eigenvalue weighted by Gasteiger charge is 1.84. The molecule has 0 aromatic carbocycles. The molecule has 8 heavy (non-hydrogen) atoms. The maximum atomic E-state index is 3.66. The van der Waals surface area contributed by atoms with E-state index in [4.69, 9.17) is 0 Å². The lowest BCUT2D eigenvalue weighted by Crippen LogP contribution is -1.76. The molecule has 0 N–H and O–H groups in total. The molecule has 0 saturated heterocycles. The Morgan fingerprint density at radius 1 is 1.75 bits per heavy atom. The van der Waals surface area contributed by atoms with Gasteiger partial charge < -0.3 is 0 Å². The van der Waals surface area contributed by atoms with Gasteiger partial charge in [0, 0.05) is 5.33 Å². The molecule has 0 bridgehead atoms. The van der Waals surface area contributed by atoms with Crippen LogP contribution in [0.5, 0.6) is 0 Å². The Balaban J connectivity index is 3.54. The van der Waals surface area contributed by atoms with Crippen LogP contribution in [0, 0.1) is 0 Å². The molecule has 0 radical (unpaired) electrons. The first kappa shape index (κ1) is 7.96. The largest absolute Gasteiger partial charge is 0.0988 e. The predicted octanol–water partition coefficient (Wildman–Crippen LogP) is 2.90. The number of halogens is 1. The van der Waals surface area contributed by atoms with Gasteiger partial charge in [-0.1, -0.05) is 40.2 Å². The third kappa shape index (κ3) is 3.03. The lowest BCUT2D eigenvalue weighted by molar-refractivity contribution is 1.17. The summed E-state index contributed by atoms with van der Waals surface area (Å²) in [6, 6.07) is 0. The molecule has 46 valence electrons. The van der Waals surface area contributed by atoms with Gasteiger partial charge in [0.25, 0.3) is 0 Å². The normalized spacial score (nSPS) is 11.5. The van der Waals surface area contributed by atoms with Gasteiger partial charge in [-0.2, -0.15) is 0 Å². The summed E-state index contributed by atoms with van der Waals surface area (Å²) in [6.07, 6.45) is 5.05. The minimum Gasteiger partial charge on any atom is -0.0988 e. The number of allylic oxidation sites excluding steroid dienone is 3. The Labute approximate surface area is 59.4 Å². The number of alkyl halides is 1. The van der Waals surface area contributed by atoms with E-state index >= 15 is 0 Å². The van der Waals surface area contributed by atoms with E-state index in [2.05, 4.69) is 28.6 Å². The molecule has 0 aromatic heterocycles. The Morgan fingerprint density at radius 2 is 2.38 bits per heavy atom. The Bertz CT molecular complexity index is 92.6. The van der Waals surface area contributed by atoms with Crippen molar-refractivity contribution in [2.75, 3.05) is 5.33 Å². The van der Waals surface area contributed by atoms with E-state index in [-0.39, 0.29) is 0 Å². The quantitative estimate of drug-likeness (QED) is 0.457. The van der Waals surface area contributed by atoms with Gasteiger partial charge in [0.2, 0.25) is 0 Å². The van der Waals surface area contributed by atoms with Crippen molar-refractivity contribution in [1.29, 1.82) is 0 Å². The van der Waals surface area contributed by atoms with Crippen LogP contribution in [0.1, 0.15) is 13.3 Å². The average Bonchev–Trinajstić information content (AvgIpc) is 1.83. The lowest BCUT2D eigenvalue weighted by Gasteiger charge is -1.92. The van der Waals surface area contributed by atoms with Gasteiger partial charge >= 0.3 is 0 Å². The molecule has 0 atom stereocenters. The van der Waals surface area contributed by atoms with Crippen LogP contribution in [-0.2, 0) is 0 Å². The molecule has 0 aromatic rings. The maximum absolute atomic E-state index is 3.66. The fraction of sp³-hybridized carbons (Fsp3) is 0.429. The smallest absolute Gasteiger partial charge is 0.00716 e. The fourth-order valence-corrected chi connectivity index (χ4v) is 0.931. The zero-order valence-corrected chi connectivity index (χ0v) is 6.74. The Kier molecular flexibility index (Phi) is 5.08. The molecule has 0 amide bonds. The molecular weight excluding hydrogens is 164 g/mol. The van der Waals surface area contributed by atoms with Crippen LogP contribution < -0.4 is 0 Å². The van der Waals surface area contributed by atoms with Gasteiger partial charge in [0.15, 0.2) is 0 Å². The summed E-state index contributed by atoms with van der Waals surface area (Å²) in [6.45, 7) is 5.69. The predicted molar refractivity (Wildman–Crippen MR) is 42.4 cm³/mol. The lowest BCUT2D eigenvalue weighted by atomic mass is 10.2. The Hall–Kier alpha value is -0.0400. The molecule has 1 heteroatoms. The van der Waals surface area contributed by atoms with Gasteiger partial charge in [0.05, 0.1) is 0 Å². The summed E-state index contributed by atoms with van der Waals surface area (Å²) in [5.41, 5.74) is 1.31. The van der Waals surface area contributed by atoms with E-state index < -0.39 is 0 Å². The van der Waals surface area contributed by atoms with Crippen molar-refractivity contribution < 1.29 is 0 Å². The van der Waals surface area contributed by atoms with E-state index in [1.54, 1.807) is 0 Å². The SMILES string of the molecule is C=C/C(=C\C)CCBr. The molecule has 0 spiro atoms. The molecule has 0 heterocycles. The van der Waals surface area contributed by atoms with Crippen LogP contribution >= 0.6 is 15.9 Å². The van der Waals surface area contributed by atoms with Crippen LogP contribution in [0.25, 0.3) is 0 Å². The average molecular weight is 175 g/mol. The van der Waals surface area contributed by atoms with E-state index in [9.17, 15) is 0 Å². The summed E-state index contributed by atoms with van der Waals surface area (Å²) in [5, 5.41) is 1.03. The topological polar surface area (TPSA) is 0 Å². The number of hydrogen-bond acceptors (Lipinski definition) is 0. The van der Waals surface area contributed by atoms with Crippen LogP contribution in [-0.4, -0.2) is 5.33 Å². The van der Waals surface area contributed by atoms with Gasteiger partial charge in [0.1, 0.15) is 0 Å². The first-order valence-corrected chi connectivity index (χ1v) is 3.81. The van der Waals surface area contributed by atoms with Gasteiger partial charge in [-0.3, -0.25) is 0 Å². The molecule has 0 saturated carbocycles. The van der Waals surface area contributed by atoms with E-state index in [0.29, 0.717) is 0 Å². The summed E-state index contributed by atoms with van der Waals surface area (Å²) in [7, 11) is 0. The summed E-state index contributed by atoms with van der Waals surface area (Å²) >= 11 is 3.34. The minimum atomic E-state index is 1.03. The summed E-state index contributed by atoms with van der Waals surface area (Å²) in [4.78, 5) is 0. The number of hydrogen-bond donors (Lipinski definition) is 0. The zero-order chi connectivity index (χ0) is 6.41. The molecule has 0 aliphatic carbocycles. The molecule has 0 nitrogen and oxygen atoms in total. The summed E-state index contributed by atoms with van der Waals surface area (Å²) in [5.74, 6) is 0. The molecule has 0 aliphatic heterocycles. The number of rotatable bonds is 3. The van der Waals surface area contributed by atoms with Gasteiger partial charge in [-0.05, 0) is 13.3 Å². The summed E-state index contributed by atoms with van der Waals surface area (Å²) < 4.78 is 0. The monoisotopic (exact) mass is 174 g/mol. The first-order valence-electron chi connectivity index (χ1n) is 2.68. The van der Waals surface area contributed by atoms with Crippen LogP contribution in [0.15, 0.2) is 24.3 Å². The van der Waals surface area contributed by atoms with E-state index in [0.717, 1.165) is 11.8 Å². The van der Waals surface area contributed by atoms with Crippen molar-refractivity contribution in [3.05, 3.63) is 24.3 Å². The van der Waals surface area contributed by atoms with Crippen molar-refractivity contribution >= 4 is 15.9 Å². The standard InChI is InChI=1S/C7H11Br/c1-3-7(4-2)5-6-8/h3-4H,1,5-6H2,2H3/b7-4+. The second-order valence-corrected chi connectivity index (χ2v) is 2.30. The third-order valence-corrected chi connectivity index (χ3v) is 1.41. The zero-order valence-electron chi connectivity index (χ0n) is 5.15. The molecular formula is C7H11Br. The van der Waals surface area contributed by atoms with Crippen molar-refractivity contribution in [1.82, 2.24) is 0 Å². The second-order valence-electron chi connectivity index (χ2n) is 1.51. The van der Waals surface area contributed by atoms with Crippen molar-refractivity contribution in [3.63, 3.8) is 0 Å². The van der Waals surface area contributed by atoms with Gasteiger partial charge in [-0.25, -0.2) is 0 Å². The fourth-order valence-electron chi connectivity index (χ4n) is 0.473. The second kappa shape index (κ2) is 5.10. The molecule has 0 fully saturated rings. The van der Waals surface area contributed by atoms with Crippen LogP contribution in [0.4, 0.5) is 0 Å². The highest BCUT2D eigenvalue weighted by Crippen LogP contribution is 2.03. The van der Waals surface area contributed by atoms with Crippen molar-refractivity contribution in [2.24, 2.45) is 0 Å². The van der Waals surface area contributed by atoms with Gasteiger partial charge in [-0.15, -0.1) is 0 Å². The van der Waals surface area contributed by atoms with E-state index in [1.165, 1.54) is 5.57 Å². The third-order valence-electron chi connectivity index (χ3n) is 1.02. The molecule has 0 aliphatic rings. The van der Waals surface area contributed by atoms with Crippen LogP contribution in [0.2, 0.25) is 0 Å². The highest BCUT2D eigenvalue weighted by atomic mass is 79.9. The minimum absolute atomic E-state index is 1.03. The molecule has 0 unspecified atom stereocenters. The van der Waals surface area contributed by atoms with Crippen LogP contribution in [0.3, 0.4) is 0 Å². The molecule has 0 rings (SSSR count). The van der Waals surface area contributed by atoms with Crippen molar-refractivity contribution in [2.45, 2.75) is 13.3 Å². The highest BCUT2D eigenvalue weighted by molar-refractivity contribution is 9.09. The Morgan fingerprint density at radius 3 is 2.50 bits per heavy atom.